The maximum Gasteiger partial charge on any atom is 0.256 e. The second-order valence-electron chi connectivity index (χ2n) is 3.15. The predicted octanol–water partition coefficient (Wildman–Crippen LogP) is 1.21. The standard InChI is InChI=1S/C6H7N3O.C5H5N/c10-6-4-1-2-7-5(4)8-3-9-6;1-2-4-6-5-3-1/h1-2,7-8H,3H2,(H,9,10);1-5H. The Kier molecular flexibility index (Phi) is 3.18. The Morgan fingerprint density at radius 3 is 2.50 bits per heavy atom. The monoisotopic (exact) mass is 216 g/mol. The number of aromatic nitrogens is 2. The van der Waals surface area contributed by atoms with Crippen molar-refractivity contribution in [3.63, 3.8) is 0 Å². The number of nitrogens with zero attached hydrogens (tertiary/aromatic N) is 1. The van der Waals surface area contributed by atoms with Crippen molar-refractivity contribution in [2.45, 2.75) is 0 Å². The summed E-state index contributed by atoms with van der Waals surface area (Å²) >= 11 is 0. The van der Waals surface area contributed by atoms with Crippen LogP contribution in [0.4, 0.5) is 5.82 Å². The molecule has 0 spiro atoms. The molecule has 0 saturated carbocycles. The lowest BCUT2D eigenvalue weighted by atomic mass is 10.3. The molecule has 1 aliphatic heterocycles. The number of hydrogen-bond donors (Lipinski definition) is 3. The lowest BCUT2D eigenvalue weighted by Crippen LogP contribution is -2.34. The van der Waals surface area contributed by atoms with Gasteiger partial charge in [-0.1, -0.05) is 6.07 Å². The number of rotatable bonds is 0. The molecular formula is C11H12N4O. The third-order valence-corrected chi connectivity index (χ3v) is 2.07. The molecule has 0 aliphatic carbocycles. The number of amides is 1. The number of carbonyl (C=O) groups is 1. The van der Waals surface area contributed by atoms with Gasteiger partial charge in [0.25, 0.3) is 5.91 Å². The van der Waals surface area contributed by atoms with Crippen LogP contribution in [-0.2, 0) is 0 Å². The Morgan fingerprint density at radius 2 is 1.94 bits per heavy atom. The summed E-state index contributed by atoms with van der Waals surface area (Å²) in [7, 11) is 0. The molecule has 0 fully saturated rings. The first-order valence-electron chi connectivity index (χ1n) is 4.92. The van der Waals surface area contributed by atoms with Gasteiger partial charge < -0.3 is 15.6 Å². The molecule has 2 aromatic rings. The van der Waals surface area contributed by atoms with Gasteiger partial charge in [0.1, 0.15) is 5.82 Å². The van der Waals surface area contributed by atoms with Crippen LogP contribution in [0.5, 0.6) is 0 Å². The Labute approximate surface area is 92.9 Å². The number of aromatic amines is 1. The molecular weight excluding hydrogens is 204 g/mol. The van der Waals surface area contributed by atoms with Crippen molar-refractivity contribution < 1.29 is 4.79 Å². The van der Waals surface area contributed by atoms with Crippen molar-refractivity contribution >= 4 is 11.7 Å². The lowest BCUT2D eigenvalue weighted by molar-refractivity contribution is 0.0953. The van der Waals surface area contributed by atoms with Crippen molar-refractivity contribution in [2.75, 3.05) is 12.0 Å². The highest BCUT2D eigenvalue weighted by atomic mass is 16.1. The summed E-state index contributed by atoms with van der Waals surface area (Å²) in [6.07, 6.45) is 5.24. The molecule has 1 amide bonds. The fourth-order valence-electron chi connectivity index (χ4n) is 1.33. The van der Waals surface area contributed by atoms with Crippen LogP contribution in [-0.4, -0.2) is 22.5 Å². The first kappa shape index (κ1) is 10.2. The third kappa shape index (κ3) is 2.38. The fraction of sp³-hybridized carbons (Fsp3) is 0.0909. The molecule has 3 rings (SSSR count). The molecule has 16 heavy (non-hydrogen) atoms. The number of H-pyrrole nitrogens is 1. The summed E-state index contributed by atoms with van der Waals surface area (Å²) in [5.41, 5.74) is 0.686. The summed E-state index contributed by atoms with van der Waals surface area (Å²) in [5.74, 6) is 0.791. The van der Waals surface area contributed by atoms with Gasteiger partial charge in [-0.05, 0) is 18.2 Å². The van der Waals surface area contributed by atoms with E-state index in [-0.39, 0.29) is 5.91 Å². The van der Waals surface area contributed by atoms with E-state index < -0.39 is 0 Å². The number of pyridine rings is 1. The second-order valence-corrected chi connectivity index (χ2v) is 3.15. The largest absolute Gasteiger partial charge is 0.354 e. The molecule has 0 bridgehead atoms. The zero-order valence-electron chi connectivity index (χ0n) is 8.60. The van der Waals surface area contributed by atoms with Crippen molar-refractivity contribution in [3.8, 4) is 0 Å². The lowest BCUT2D eigenvalue weighted by Gasteiger charge is -2.13. The van der Waals surface area contributed by atoms with Gasteiger partial charge in [-0.2, -0.15) is 0 Å². The van der Waals surface area contributed by atoms with E-state index in [1.54, 1.807) is 24.7 Å². The van der Waals surface area contributed by atoms with Crippen molar-refractivity contribution in [2.24, 2.45) is 0 Å². The van der Waals surface area contributed by atoms with Crippen LogP contribution in [0.1, 0.15) is 10.4 Å². The fourth-order valence-corrected chi connectivity index (χ4v) is 1.33. The van der Waals surface area contributed by atoms with Crippen LogP contribution >= 0.6 is 0 Å². The minimum Gasteiger partial charge on any atom is -0.354 e. The molecule has 3 N–H and O–H groups in total. The van der Waals surface area contributed by atoms with E-state index in [1.807, 2.05) is 18.2 Å². The van der Waals surface area contributed by atoms with E-state index in [4.69, 9.17) is 0 Å². The normalized spacial score (nSPS) is 12.6. The second kappa shape index (κ2) is 4.97. The summed E-state index contributed by atoms with van der Waals surface area (Å²) in [5, 5.41) is 5.64. The van der Waals surface area contributed by atoms with E-state index >= 15 is 0 Å². The molecule has 82 valence electrons. The minimum atomic E-state index is -0.0185. The number of nitrogens with one attached hydrogen (secondary N) is 3. The molecule has 0 radical (unpaired) electrons. The molecule has 0 aromatic carbocycles. The van der Waals surface area contributed by atoms with Crippen LogP contribution in [0.15, 0.2) is 42.9 Å². The highest BCUT2D eigenvalue weighted by molar-refractivity contribution is 6.00. The van der Waals surface area contributed by atoms with Gasteiger partial charge in [0.05, 0.1) is 12.2 Å². The van der Waals surface area contributed by atoms with E-state index in [9.17, 15) is 4.79 Å². The highest BCUT2D eigenvalue weighted by Crippen LogP contribution is 2.14. The minimum absolute atomic E-state index is 0.0185. The first-order chi connectivity index (χ1) is 7.88. The molecule has 1 aliphatic rings. The van der Waals surface area contributed by atoms with Crippen molar-refractivity contribution in [1.29, 1.82) is 0 Å². The summed E-state index contributed by atoms with van der Waals surface area (Å²) in [6, 6.07) is 7.46. The van der Waals surface area contributed by atoms with Crippen LogP contribution in [0.3, 0.4) is 0 Å². The van der Waals surface area contributed by atoms with Crippen molar-refractivity contribution in [3.05, 3.63) is 48.4 Å². The van der Waals surface area contributed by atoms with Crippen LogP contribution in [0.25, 0.3) is 0 Å². The molecule has 5 heteroatoms. The van der Waals surface area contributed by atoms with Crippen LogP contribution < -0.4 is 10.6 Å². The smallest absolute Gasteiger partial charge is 0.256 e. The van der Waals surface area contributed by atoms with Gasteiger partial charge >= 0.3 is 0 Å². The van der Waals surface area contributed by atoms with E-state index in [1.165, 1.54) is 0 Å². The van der Waals surface area contributed by atoms with Crippen LogP contribution in [0.2, 0.25) is 0 Å². The van der Waals surface area contributed by atoms with Gasteiger partial charge in [0.2, 0.25) is 0 Å². The number of carbonyl (C=O) groups excluding carboxylic acids is 1. The van der Waals surface area contributed by atoms with Gasteiger partial charge in [0.15, 0.2) is 0 Å². The Bertz CT molecular complexity index is 425. The molecule has 5 nitrogen and oxygen atoms in total. The number of fused-ring (bicyclic) bond motifs is 1. The average Bonchev–Trinajstić information content (AvgIpc) is 2.82. The Morgan fingerprint density at radius 1 is 1.12 bits per heavy atom. The van der Waals surface area contributed by atoms with E-state index in [2.05, 4.69) is 20.6 Å². The van der Waals surface area contributed by atoms with Gasteiger partial charge in [-0.3, -0.25) is 9.78 Å². The maximum atomic E-state index is 11.0. The van der Waals surface area contributed by atoms with E-state index in [0.29, 0.717) is 12.2 Å². The summed E-state index contributed by atoms with van der Waals surface area (Å²) in [6.45, 7) is 0.506. The summed E-state index contributed by atoms with van der Waals surface area (Å²) in [4.78, 5) is 17.7. The predicted molar refractivity (Wildman–Crippen MR) is 61.0 cm³/mol. The Hall–Kier alpha value is -2.30. The van der Waals surface area contributed by atoms with Crippen LogP contribution in [0, 0.1) is 0 Å². The molecule has 0 atom stereocenters. The molecule has 3 heterocycles. The topological polar surface area (TPSA) is 69.8 Å². The number of hydrogen-bond acceptors (Lipinski definition) is 3. The molecule has 0 unspecified atom stereocenters. The first-order valence-corrected chi connectivity index (χ1v) is 4.92. The number of anilines is 1. The van der Waals surface area contributed by atoms with Gasteiger partial charge in [-0.25, -0.2) is 0 Å². The Balaban J connectivity index is 0.000000138. The average molecular weight is 216 g/mol. The zero-order valence-corrected chi connectivity index (χ0v) is 8.60. The quantitative estimate of drug-likeness (QED) is 0.620. The van der Waals surface area contributed by atoms with Gasteiger partial charge in [0, 0.05) is 18.6 Å². The molecule has 0 saturated heterocycles. The third-order valence-electron chi connectivity index (χ3n) is 2.07. The highest BCUT2D eigenvalue weighted by Gasteiger charge is 2.15. The SMILES string of the molecule is O=C1NCNc2[nH]ccc21.c1ccncc1. The van der Waals surface area contributed by atoms with Gasteiger partial charge in [-0.15, -0.1) is 0 Å². The zero-order chi connectivity index (χ0) is 11.2. The maximum absolute atomic E-state index is 11.0. The molecule has 2 aromatic heterocycles. The summed E-state index contributed by atoms with van der Waals surface area (Å²) < 4.78 is 0. The van der Waals surface area contributed by atoms with E-state index in [0.717, 1.165) is 5.82 Å². The van der Waals surface area contributed by atoms with Crippen molar-refractivity contribution in [1.82, 2.24) is 15.3 Å².